The third-order valence-electron chi connectivity index (χ3n) is 3.14. The minimum absolute atomic E-state index is 0.284. The number of aromatic nitrogens is 2. The highest BCUT2D eigenvalue weighted by atomic mass is 19.1. The molecule has 0 amide bonds. The maximum atomic E-state index is 13.2. The van der Waals surface area contributed by atoms with Crippen LogP contribution >= 0.6 is 0 Å². The van der Waals surface area contributed by atoms with Crippen molar-refractivity contribution in [2.75, 3.05) is 12.4 Å². The van der Waals surface area contributed by atoms with Crippen molar-refractivity contribution in [1.82, 2.24) is 9.78 Å². The van der Waals surface area contributed by atoms with E-state index in [9.17, 15) is 4.39 Å². The molecule has 1 aromatic heterocycles. The van der Waals surface area contributed by atoms with Crippen LogP contribution in [-0.4, -0.2) is 16.9 Å². The van der Waals surface area contributed by atoms with Crippen LogP contribution in [0.5, 0.6) is 5.75 Å². The molecule has 0 saturated carbocycles. The van der Waals surface area contributed by atoms with E-state index in [2.05, 4.69) is 10.4 Å². The second-order valence-electron chi connectivity index (χ2n) is 4.49. The first kappa shape index (κ1) is 12.5. The van der Waals surface area contributed by atoms with Gasteiger partial charge in [0, 0.05) is 18.1 Å². The first-order valence-corrected chi connectivity index (χ1v) is 6.21. The van der Waals surface area contributed by atoms with Crippen LogP contribution < -0.4 is 10.1 Å². The van der Waals surface area contributed by atoms with Crippen LogP contribution in [0.1, 0.15) is 0 Å². The van der Waals surface area contributed by atoms with Crippen molar-refractivity contribution >= 4 is 22.4 Å². The van der Waals surface area contributed by atoms with Crippen molar-refractivity contribution in [2.24, 2.45) is 7.05 Å². The van der Waals surface area contributed by atoms with Gasteiger partial charge in [-0.15, -0.1) is 0 Å². The fourth-order valence-electron chi connectivity index (χ4n) is 2.17. The molecule has 0 unspecified atom stereocenters. The molecule has 0 fully saturated rings. The second kappa shape index (κ2) is 4.85. The summed E-state index contributed by atoms with van der Waals surface area (Å²) in [6, 6.07) is 12.0. The summed E-state index contributed by atoms with van der Waals surface area (Å²) < 4.78 is 20.2. The molecule has 0 saturated heterocycles. The van der Waals surface area contributed by atoms with Crippen molar-refractivity contribution in [3.8, 4) is 5.75 Å². The summed E-state index contributed by atoms with van der Waals surface area (Å²) in [5, 5.41) is 8.48. The summed E-state index contributed by atoms with van der Waals surface area (Å²) in [6.45, 7) is 0. The number of nitrogens with zero attached hydrogens (tertiary/aromatic N) is 2. The number of fused-ring (bicyclic) bond motifs is 1. The molecule has 5 heteroatoms. The van der Waals surface area contributed by atoms with Crippen LogP contribution in [0.3, 0.4) is 0 Å². The average molecular weight is 271 g/mol. The Bertz CT molecular complexity index is 767. The van der Waals surface area contributed by atoms with E-state index in [0.29, 0.717) is 11.5 Å². The van der Waals surface area contributed by atoms with E-state index >= 15 is 0 Å². The molecule has 102 valence electrons. The first-order valence-electron chi connectivity index (χ1n) is 6.21. The smallest absolute Gasteiger partial charge is 0.160 e. The minimum atomic E-state index is -0.284. The van der Waals surface area contributed by atoms with Crippen molar-refractivity contribution in [3.63, 3.8) is 0 Å². The summed E-state index contributed by atoms with van der Waals surface area (Å²) in [5.41, 5.74) is 1.64. The van der Waals surface area contributed by atoms with Crippen LogP contribution in [-0.2, 0) is 7.05 Å². The van der Waals surface area contributed by atoms with Crippen LogP contribution in [0.2, 0.25) is 0 Å². The normalized spacial score (nSPS) is 10.8. The third-order valence-corrected chi connectivity index (χ3v) is 3.14. The standard InChI is InChI=1S/C15H14FN3O/c1-19-14-7-6-12(20-2)9-13(14)15(18-19)17-11-5-3-4-10(16)8-11/h3-9H,1-2H3,(H,17,18). The van der Waals surface area contributed by atoms with Crippen LogP contribution in [0.4, 0.5) is 15.9 Å². The summed E-state index contributed by atoms with van der Waals surface area (Å²) in [7, 11) is 3.49. The maximum absolute atomic E-state index is 13.2. The van der Waals surface area contributed by atoms with Gasteiger partial charge in [-0.3, -0.25) is 4.68 Å². The quantitative estimate of drug-likeness (QED) is 0.792. The number of methoxy groups -OCH3 is 1. The Morgan fingerprint density at radius 2 is 2.05 bits per heavy atom. The van der Waals surface area contributed by atoms with Gasteiger partial charge in [0.05, 0.1) is 12.6 Å². The van der Waals surface area contributed by atoms with Gasteiger partial charge < -0.3 is 10.1 Å². The summed E-state index contributed by atoms with van der Waals surface area (Å²) in [5.74, 6) is 1.15. The fourth-order valence-corrected chi connectivity index (χ4v) is 2.17. The predicted molar refractivity (Wildman–Crippen MR) is 76.9 cm³/mol. The number of nitrogens with one attached hydrogen (secondary N) is 1. The van der Waals surface area contributed by atoms with Crippen LogP contribution in [0.15, 0.2) is 42.5 Å². The number of halogens is 1. The Morgan fingerprint density at radius 1 is 1.20 bits per heavy atom. The fraction of sp³-hybridized carbons (Fsp3) is 0.133. The highest BCUT2D eigenvalue weighted by Gasteiger charge is 2.10. The number of rotatable bonds is 3. The monoisotopic (exact) mass is 271 g/mol. The molecule has 0 atom stereocenters. The molecule has 1 heterocycles. The van der Waals surface area contributed by atoms with E-state index in [1.165, 1.54) is 12.1 Å². The van der Waals surface area contributed by atoms with Gasteiger partial charge in [0.2, 0.25) is 0 Å². The lowest BCUT2D eigenvalue weighted by Crippen LogP contribution is -1.94. The number of aryl methyl sites for hydroxylation is 1. The molecule has 1 N–H and O–H groups in total. The number of hydrogen-bond acceptors (Lipinski definition) is 3. The van der Waals surface area contributed by atoms with E-state index < -0.39 is 0 Å². The average Bonchev–Trinajstić information content (AvgIpc) is 2.75. The molecule has 3 aromatic rings. The molecule has 0 radical (unpaired) electrons. The molecule has 0 aliphatic carbocycles. The van der Waals surface area contributed by atoms with Gasteiger partial charge in [-0.2, -0.15) is 5.10 Å². The number of anilines is 2. The lowest BCUT2D eigenvalue weighted by atomic mass is 10.2. The van der Waals surface area contributed by atoms with E-state index in [1.54, 1.807) is 23.9 Å². The zero-order chi connectivity index (χ0) is 14.1. The van der Waals surface area contributed by atoms with Crippen LogP contribution in [0, 0.1) is 5.82 Å². The lowest BCUT2D eigenvalue weighted by molar-refractivity contribution is 0.415. The first-order chi connectivity index (χ1) is 9.67. The largest absolute Gasteiger partial charge is 0.497 e. The van der Waals surface area contributed by atoms with Gasteiger partial charge in [0.15, 0.2) is 5.82 Å². The Morgan fingerprint density at radius 3 is 2.80 bits per heavy atom. The van der Waals surface area contributed by atoms with Crippen LogP contribution in [0.25, 0.3) is 10.9 Å². The van der Waals surface area contributed by atoms with Gasteiger partial charge in [-0.05, 0) is 36.4 Å². The molecule has 20 heavy (non-hydrogen) atoms. The molecule has 4 nitrogen and oxygen atoms in total. The summed E-state index contributed by atoms with van der Waals surface area (Å²) >= 11 is 0. The van der Waals surface area contributed by atoms with Gasteiger partial charge in [0.25, 0.3) is 0 Å². The van der Waals surface area contributed by atoms with Gasteiger partial charge >= 0.3 is 0 Å². The molecule has 2 aromatic carbocycles. The molecular weight excluding hydrogens is 257 g/mol. The maximum Gasteiger partial charge on any atom is 0.160 e. The topological polar surface area (TPSA) is 39.1 Å². The second-order valence-corrected chi connectivity index (χ2v) is 4.49. The van der Waals surface area contributed by atoms with Gasteiger partial charge in [-0.25, -0.2) is 4.39 Å². The lowest BCUT2D eigenvalue weighted by Gasteiger charge is -2.04. The van der Waals surface area contributed by atoms with Crippen molar-refractivity contribution < 1.29 is 9.13 Å². The zero-order valence-electron chi connectivity index (χ0n) is 11.2. The van der Waals surface area contributed by atoms with Crippen molar-refractivity contribution in [1.29, 1.82) is 0 Å². The predicted octanol–water partition coefficient (Wildman–Crippen LogP) is 3.46. The van der Waals surface area contributed by atoms with E-state index in [1.807, 2.05) is 25.2 Å². The molecule has 3 rings (SSSR count). The van der Waals surface area contributed by atoms with E-state index in [0.717, 1.165) is 16.7 Å². The highest BCUT2D eigenvalue weighted by molar-refractivity contribution is 5.92. The van der Waals surface area contributed by atoms with Crippen molar-refractivity contribution in [2.45, 2.75) is 0 Å². The SMILES string of the molecule is COc1ccc2c(c1)c(Nc1cccc(F)c1)nn2C. The minimum Gasteiger partial charge on any atom is -0.497 e. The van der Waals surface area contributed by atoms with E-state index in [4.69, 9.17) is 4.74 Å². The Balaban J connectivity index is 2.06. The van der Waals surface area contributed by atoms with E-state index in [-0.39, 0.29) is 5.82 Å². The van der Waals surface area contributed by atoms with Crippen molar-refractivity contribution in [3.05, 3.63) is 48.3 Å². The summed E-state index contributed by atoms with van der Waals surface area (Å²) in [4.78, 5) is 0. The number of hydrogen-bond donors (Lipinski definition) is 1. The molecular formula is C15H14FN3O. The highest BCUT2D eigenvalue weighted by Crippen LogP contribution is 2.28. The Kier molecular flexibility index (Phi) is 3.02. The Labute approximate surface area is 115 Å². The number of benzene rings is 2. The number of ether oxygens (including phenoxy) is 1. The molecule has 0 spiro atoms. The summed E-state index contributed by atoms with van der Waals surface area (Å²) in [6.07, 6.45) is 0. The van der Waals surface area contributed by atoms with Gasteiger partial charge in [0.1, 0.15) is 11.6 Å². The third kappa shape index (κ3) is 2.18. The molecule has 0 aliphatic rings. The molecule has 0 bridgehead atoms. The zero-order valence-corrected chi connectivity index (χ0v) is 11.2. The molecule has 0 aliphatic heterocycles. The van der Waals surface area contributed by atoms with Gasteiger partial charge in [-0.1, -0.05) is 6.07 Å². The Hall–Kier alpha value is -2.56.